The summed E-state index contributed by atoms with van der Waals surface area (Å²) in [6.45, 7) is -0.162. The molecule has 0 bridgehead atoms. The number of hydrogen-bond acceptors (Lipinski definition) is 3. The minimum Gasteiger partial charge on any atom is -0.381 e. The van der Waals surface area contributed by atoms with Gasteiger partial charge in [0.05, 0.1) is 13.0 Å². The zero-order valence-corrected chi connectivity index (χ0v) is 10.6. The van der Waals surface area contributed by atoms with Gasteiger partial charge in [0.1, 0.15) is 6.10 Å². The fourth-order valence-electron chi connectivity index (χ4n) is 1.16. The van der Waals surface area contributed by atoms with Gasteiger partial charge >= 0.3 is 0 Å². The summed E-state index contributed by atoms with van der Waals surface area (Å²) in [6, 6.07) is 7.30. The van der Waals surface area contributed by atoms with Gasteiger partial charge in [-0.2, -0.15) is 0 Å². The van der Waals surface area contributed by atoms with Crippen molar-refractivity contribution >= 4 is 27.7 Å². The third-order valence-electron chi connectivity index (χ3n) is 2.10. The molecule has 0 radical (unpaired) electrons. The maximum Gasteiger partial charge on any atom is 0.248 e. The van der Waals surface area contributed by atoms with E-state index < -0.39 is 12.0 Å². The Kier molecular flexibility index (Phi) is 5.11. The second-order valence-corrected chi connectivity index (χ2v) is 4.44. The molecule has 0 aromatic heterocycles. The molecule has 0 aliphatic carbocycles. The molecule has 4 N–H and O–H groups in total. The van der Waals surface area contributed by atoms with Crippen molar-refractivity contribution in [3.05, 3.63) is 34.3 Å². The number of benzene rings is 1. The number of carbonyl (C=O) groups excluding carboxylic acids is 2. The average Bonchev–Trinajstić information content (AvgIpc) is 2.29. The lowest BCUT2D eigenvalue weighted by atomic mass is 10.1. The summed E-state index contributed by atoms with van der Waals surface area (Å²) < 4.78 is 0.936. The van der Waals surface area contributed by atoms with Crippen molar-refractivity contribution in [2.45, 2.75) is 12.5 Å². The Labute approximate surface area is 107 Å². The maximum atomic E-state index is 11.4. The predicted molar refractivity (Wildman–Crippen MR) is 66.1 cm³/mol. The van der Waals surface area contributed by atoms with Crippen molar-refractivity contribution in [1.82, 2.24) is 5.32 Å². The van der Waals surface area contributed by atoms with E-state index in [0.29, 0.717) is 0 Å². The van der Waals surface area contributed by atoms with E-state index in [9.17, 15) is 9.59 Å². The van der Waals surface area contributed by atoms with E-state index in [1.54, 1.807) is 0 Å². The van der Waals surface area contributed by atoms with E-state index in [4.69, 9.17) is 10.8 Å². The van der Waals surface area contributed by atoms with Crippen LogP contribution >= 0.6 is 15.9 Å². The summed E-state index contributed by atoms with van der Waals surface area (Å²) >= 11 is 3.29. The highest BCUT2D eigenvalue weighted by atomic mass is 79.9. The van der Waals surface area contributed by atoms with E-state index >= 15 is 0 Å². The number of aliphatic hydroxyl groups excluding tert-OH is 1. The molecule has 92 valence electrons. The molecule has 5 nitrogen and oxygen atoms in total. The van der Waals surface area contributed by atoms with Crippen LogP contribution in [-0.4, -0.2) is 29.6 Å². The van der Waals surface area contributed by atoms with Gasteiger partial charge in [0.15, 0.2) is 0 Å². The molecule has 0 saturated carbocycles. The van der Waals surface area contributed by atoms with Crippen molar-refractivity contribution in [2.24, 2.45) is 5.73 Å². The summed E-state index contributed by atoms with van der Waals surface area (Å²) in [5.41, 5.74) is 5.69. The number of primary amides is 1. The van der Waals surface area contributed by atoms with E-state index in [2.05, 4.69) is 21.2 Å². The Hall–Kier alpha value is -1.40. The monoisotopic (exact) mass is 300 g/mol. The minimum atomic E-state index is -1.34. The molecular weight excluding hydrogens is 288 g/mol. The first-order valence-corrected chi connectivity index (χ1v) is 5.77. The van der Waals surface area contributed by atoms with Crippen LogP contribution in [0.2, 0.25) is 0 Å². The molecule has 0 aliphatic heterocycles. The van der Waals surface area contributed by atoms with E-state index in [-0.39, 0.29) is 18.9 Å². The number of aliphatic hydroxyl groups is 1. The molecule has 0 spiro atoms. The molecule has 0 saturated heterocycles. The third-order valence-corrected chi connectivity index (χ3v) is 2.63. The SMILES string of the molecule is NC(=O)C(O)CNC(=O)Cc1ccc(Br)cc1. The number of hydrogen-bond donors (Lipinski definition) is 3. The van der Waals surface area contributed by atoms with Crippen molar-refractivity contribution in [1.29, 1.82) is 0 Å². The minimum absolute atomic E-state index is 0.162. The molecule has 1 aromatic rings. The first kappa shape index (κ1) is 13.7. The lowest BCUT2D eigenvalue weighted by molar-refractivity contribution is -0.126. The van der Waals surface area contributed by atoms with Gasteiger partial charge < -0.3 is 16.2 Å². The van der Waals surface area contributed by atoms with Crippen LogP contribution < -0.4 is 11.1 Å². The topological polar surface area (TPSA) is 92.4 Å². The van der Waals surface area contributed by atoms with Gasteiger partial charge in [-0.3, -0.25) is 9.59 Å². The quantitative estimate of drug-likeness (QED) is 0.712. The van der Waals surface area contributed by atoms with Crippen molar-refractivity contribution in [3.63, 3.8) is 0 Å². The Morgan fingerprint density at radius 1 is 1.35 bits per heavy atom. The van der Waals surface area contributed by atoms with Crippen LogP contribution in [0.15, 0.2) is 28.7 Å². The molecule has 1 aromatic carbocycles. The van der Waals surface area contributed by atoms with Crippen LogP contribution in [0, 0.1) is 0 Å². The maximum absolute atomic E-state index is 11.4. The van der Waals surface area contributed by atoms with Crippen molar-refractivity contribution in [3.8, 4) is 0 Å². The first-order chi connectivity index (χ1) is 7.99. The fraction of sp³-hybridized carbons (Fsp3) is 0.273. The van der Waals surface area contributed by atoms with Crippen LogP contribution in [0.1, 0.15) is 5.56 Å². The normalized spacial score (nSPS) is 11.9. The fourth-order valence-corrected chi connectivity index (χ4v) is 1.43. The molecule has 6 heteroatoms. The van der Waals surface area contributed by atoms with Crippen LogP contribution in [0.5, 0.6) is 0 Å². The molecular formula is C11H13BrN2O3. The predicted octanol–water partition coefficient (Wildman–Crippen LogP) is -0.0460. The molecule has 1 rings (SSSR count). The smallest absolute Gasteiger partial charge is 0.248 e. The van der Waals surface area contributed by atoms with Gasteiger partial charge in [-0.1, -0.05) is 28.1 Å². The number of amides is 2. The number of nitrogens with two attached hydrogens (primary N) is 1. The first-order valence-electron chi connectivity index (χ1n) is 4.97. The number of nitrogens with one attached hydrogen (secondary N) is 1. The third kappa shape index (κ3) is 4.97. The Morgan fingerprint density at radius 3 is 2.47 bits per heavy atom. The Morgan fingerprint density at radius 2 is 1.94 bits per heavy atom. The number of rotatable bonds is 5. The largest absolute Gasteiger partial charge is 0.381 e. The van der Waals surface area contributed by atoms with E-state index in [1.165, 1.54) is 0 Å². The summed E-state index contributed by atoms with van der Waals surface area (Å²) in [5, 5.41) is 11.5. The lowest BCUT2D eigenvalue weighted by Gasteiger charge is -2.08. The number of halogens is 1. The highest BCUT2D eigenvalue weighted by molar-refractivity contribution is 9.10. The molecule has 1 unspecified atom stereocenters. The lowest BCUT2D eigenvalue weighted by Crippen LogP contribution is -2.40. The van der Waals surface area contributed by atoms with Gasteiger partial charge in [0.2, 0.25) is 11.8 Å². The van der Waals surface area contributed by atoms with Crippen molar-refractivity contribution < 1.29 is 14.7 Å². The second-order valence-electron chi connectivity index (χ2n) is 3.53. The van der Waals surface area contributed by atoms with E-state index in [1.807, 2.05) is 24.3 Å². The van der Waals surface area contributed by atoms with Gasteiger partial charge in [-0.05, 0) is 17.7 Å². The van der Waals surface area contributed by atoms with Crippen molar-refractivity contribution in [2.75, 3.05) is 6.54 Å². The van der Waals surface area contributed by atoms with Crippen LogP contribution in [0.25, 0.3) is 0 Å². The summed E-state index contributed by atoms with van der Waals surface area (Å²) in [4.78, 5) is 22.0. The molecule has 0 fully saturated rings. The molecule has 2 amide bonds. The van der Waals surface area contributed by atoms with Gasteiger partial charge in [0.25, 0.3) is 0 Å². The summed E-state index contributed by atoms with van der Waals surface area (Å²) in [6.07, 6.45) is -1.15. The molecule has 0 heterocycles. The average molecular weight is 301 g/mol. The summed E-state index contributed by atoms with van der Waals surface area (Å²) in [7, 11) is 0. The summed E-state index contributed by atoms with van der Waals surface area (Å²) in [5.74, 6) is -1.12. The Balaban J connectivity index is 2.39. The molecule has 1 atom stereocenters. The van der Waals surface area contributed by atoms with E-state index in [0.717, 1.165) is 10.0 Å². The highest BCUT2D eigenvalue weighted by Crippen LogP contribution is 2.10. The van der Waals surface area contributed by atoms with Gasteiger partial charge in [-0.15, -0.1) is 0 Å². The zero-order chi connectivity index (χ0) is 12.8. The van der Waals surface area contributed by atoms with Crippen LogP contribution in [0.3, 0.4) is 0 Å². The van der Waals surface area contributed by atoms with Gasteiger partial charge in [-0.25, -0.2) is 0 Å². The standard InChI is InChI=1S/C11H13BrN2O3/c12-8-3-1-7(2-4-8)5-10(16)14-6-9(15)11(13)17/h1-4,9,15H,5-6H2,(H2,13,17)(H,14,16). The molecule has 17 heavy (non-hydrogen) atoms. The van der Waals surface area contributed by atoms with Crippen LogP contribution in [-0.2, 0) is 16.0 Å². The number of carbonyl (C=O) groups is 2. The Bertz CT molecular complexity index is 406. The zero-order valence-electron chi connectivity index (χ0n) is 9.02. The highest BCUT2D eigenvalue weighted by Gasteiger charge is 2.12. The molecule has 0 aliphatic rings. The van der Waals surface area contributed by atoms with Gasteiger partial charge in [0, 0.05) is 4.47 Å². The second kappa shape index (κ2) is 6.36. The van der Waals surface area contributed by atoms with Crippen LogP contribution in [0.4, 0.5) is 0 Å².